The van der Waals surface area contributed by atoms with Crippen molar-refractivity contribution in [2.75, 3.05) is 12.3 Å². The average molecular weight is 310 g/mol. The summed E-state index contributed by atoms with van der Waals surface area (Å²) in [6.45, 7) is -0.461. The molecule has 112 valence electrons. The number of anilines is 1. The van der Waals surface area contributed by atoms with Gasteiger partial charge in [0.1, 0.15) is 10.7 Å². The number of nitrogen functional groups attached to an aromatic ring is 1. The molecule has 1 unspecified atom stereocenters. The van der Waals surface area contributed by atoms with E-state index in [1.807, 2.05) is 0 Å². The molecule has 2 aromatic rings. The highest BCUT2D eigenvalue weighted by Crippen LogP contribution is 2.24. The van der Waals surface area contributed by atoms with Crippen molar-refractivity contribution in [3.8, 4) is 0 Å². The van der Waals surface area contributed by atoms with Crippen molar-refractivity contribution in [3.63, 3.8) is 0 Å². The topological polar surface area (TPSA) is 92.4 Å². The molecule has 1 atom stereocenters. The maximum absolute atomic E-state index is 13.7. The zero-order chi connectivity index (χ0) is 15.5. The first-order valence-electron chi connectivity index (χ1n) is 6.18. The van der Waals surface area contributed by atoms with Gasteiger partial charge in [0.15, 0.2) is 0 Å². The Hall–Kier alpha value is -1.96. The molecule has 0 aromatic heterocycles. The van der Waals surface area contributed by atoms with Crippen molar-refractivity contribution in [3.05, 3.63) is 59.9 Å². The van der Waals surface area contributed by atoms with Crippen LogP contribution in [0.5, 0.6) is 0 Å². The maximum Gasteiger partial charge on any atom is 0.246 e. The summed E-state index contributed by atoms with van der Waals surface area (Å²) in [4.78, 5) is -0.612. The number of aliphatic hydroxyl groups is 1. The van der Waals surface area contributed by atoms with Crippen molar-refractivity contribution < 1.29 is 17.9 Å². The summed E-state index contributed by atoms with van der Waals surface area (Å²) in [6.07, 6.45) is 0. The van der Waals surface area contributed by atoms with E-state index in [9.17, 15) is 17.9 Å². The lowest BCUT2D eigenvalue weighted by atomic mass is 10.1. The normalized spacial score (nSPS) is 13.0. The van der Waals surface area contributed by atoms with E-state index in [4.69, 9.17) is 5.73 Å². The van der Waals surface area contributed by atoms with Crippen LogP contribution in [-0.4, -0.2) is 20.1 Å². The summed E-state index contributed by atoms with van der Waals surface area (Å²) in [7, 11) is -4.19. The Labute approximate surface area is 122 Å². The van der Waals surface area contributed by atoms with E-state index in [1.165, 1.54) is 12.1 Å². The molecule has 2 aromatic carbocycles. The number of hydrogen-bond acceptors (Lipinski definition) is 4. The van der Waals surface area contributed by atoms with Crippen molar-refractivity contribution in [2.24, 2.45) is 0 Å². The molecule has 0 spiro atoms. The lowest BCUT2D eigenvalue weighted by Gasteiger charge is -2.18. The lowest BCUT2D eigenvalue weighted by molar-refractivity contribution is 0.258. The second-order valence-electron chi connectivity index (χ2n) is 4.43. The van der Waals surface area contributed by atoms with E-state index in [0.717, 1.165) is 6.07 Å². The van der Waals surface area contributed by atoms with Gasteiger partial charge >= 0.3 is 0 Å². The van der Waals surface area contributed by atoms with Crippen LogP contribution in [0.4, 0.5) is 10.1 Å². The minimum Gasteiger partial charge on any atom is -0.398 e. The fourth-order valence-electron chi connectivity index (χ4n) is 1.95. The first-order valence-corrected chi connectivity index (χ1v) is 7.66. The summed E-state index contributed by atoms with van der Waals surface area (Å²) in [5.41, 5.74) is 5.92. The largest absolute Gasteiger partial charge is 0.398 e. The first-order chi connectivity index (χ1) is 9.95. The van der Waals surface area contributed by atoms with Crippen LogP contribution in [0.3, 0.4) is 0 Å². The van der Waals surface area contributed by atoms with Gasteiger partial charge in [-0.05, 0) is 17.7 Å². The van der Waals surface area contributed by atoms with Crippen LogP contribution in [0, 0.1) is 5.82 Å². The molecule has 0 amide bonds. The molecule has 4 N–H and O–H groups in total. The molecule has 0 aliphatic heterocycles. The van der Waals surface area contributed by atoms with Crippen molar-refractivity contribution >= 4 is 15.7 Å². The summed E-state index contributed by atoms with van der Waals surface area (Å²) in [6, 6.07) is 11.3. The quantitative estimate of drug-likeness (QED) is 0.728. The van der Waals surface area contributed by atoms with Crippen LogP contribution >= 0.6 is 0 Å². The SMILES string of the molecule is Nc1cccc(F)c1S(=O)(=O)NC(CO)c1ccccc1. The monoisotopic (exact) mass is 310 g/mol. The number of nitrogens with two attached hydrogens (primary N) is 1. The Morgan fingerprint density at radius 2 is 1.81 bits per heavy atom. The fraction of sp³-hybridized carbons (Fsp3) is 0.143. The van der Waals surface area contributed by atoms with Gasteiger partial charge in [-0.2, -0.15) is 0 Å². The van der Waals surface area contributed by atoms with Gasteiger partial charge in [0, 0.05) is 0 Å². The molecule has 0 bridgehead atoms. The molecular formula is C14H15FN2O3S. The number of hydrogen-bond donors (Lipinski definition) is 3. The van der Waals surface area contributed by atoms with Crippen LogP contribution in [-0.2, 0) is 10.0 Å². The second-order valence-corrected chi connectivity index (χ2v) is 6.08. The highest BCUT2D eigenvalue weighted by Gasteiger charge is 2.26. The van der Waals surface area contributed by atoms with Gasteiger partial charge in [0.25, 0.3) is 0 Å². The van der Waals surface area contributed by atoms with Crippen molar-refractivity contribution in [1.82, 2.24) is 4.72 Å². The molecule has 0 aliphatic carbocycles. The van der Waals surface area contributed by atoms with Gasteiger partial charge in [-0.15, -0.1) is 0 Å². The summed E-state index contributed by atoms with van der Waals surface area (Å²) in [5.74, 6) is -0.938. The van der Waals surface area contributed by atoms with Gasteiger partial charge in [-0.1, -0.05) is 36.4 Å². The zero-order valence-electron chi connectivity index (χ0n) is 11.0. The van der Waals surface area contributed by atoms with E-state index in [2.05, 4.69) is 4.72 Å². The number of benzene rings is 2. The van der Waals surface area contributed by atoms with Crippen LogP contribution in [0.2, 0.25) is 0 Å². The predicted octanol–water partition coefficient (Wildman–Crippen LogP) is 1.42. The number of rotatable bonds is 5. The summed E-state index contributed by atoms with van der Waals surface area (Å²) >= 11 is 0. The molecule has 2 rings (SSSR count). The molecule has 0 saturated carbocycles. The highest BCUT2D eigenvalue weighted by atomic mass is 32.2. The number of aliphatic hydroxyl groups excluding tert-OH is 1. The molecule has 5 nitrogen and oxygen atoms in total. The Morgan fingerprint density at radius 3 is 2.38 bits per heavy atom. The molecule has 7 heteroatoms. The first kappa shape index (κ1) is 15.4. The molecular weight excluding hydrogens is 295 g/mol. The third-order valence-electron chi connectivity index (χ3n) is 2.95. The average Bonchev–Trinajstić information content (AvgIpc) is 2.45. The smallest absolute Gasteiger partial charge is 0.246 e. The number of halogens is 1. The van der Waals surface area contributed by atoms with E-state index in [0.29, 0.717) is 5.56 Å². The van der Waals surface area contributed by atoms with Crippen molar-refractivity contribution in [2.45, 2.75) is 10.9 Å². The van der Waals surface area contributed by atoms with Crippen LogP contribution in [0.15, 0.2) is 53.4 Å². The van der Waals surface area contributed by atoms with E-state index >= 15 is 0 Å². The van der Waals surface area contributed by atoms with Gasteiger partial charge in [0.05, 0.1) is 18.3 Å². The zero-order valence-corrected chi connectivity index (χ0v) is 11.8. The molecule has 0 saturated heterocycles. The highest BCUT2D eigenvalue weighted by molar-refractivity contribution is 7.89. The second kappa shape index (κ2) is 6.21. The minimum atomic E-state index is -4.19. The van der Waals surface area contributed by atoms with Gasteiger partial charge < -0.3 is 10.8 Å². The van der Waals surface area contributed by atoms with Crippen LogP contribution in [0.1, 0.15) is 11.6 Å². The van der Waals surface area contributed by atoms with E-state index in [-0.39, 0.29) is 5.69 Å². The maximum atomic E-state index is 13.7. The third-order valence-corrected chi connectivity index (χ3v) is 4.51. The Bertz CT molecular complexity index is 700. The standard InChI is InChI=1S/C14H15FN2O3S/c15-11-7-4-8-12(16)14(11)21(19,20)17-13(9-18)10-5-2-1-3-6-10/h1-8,13,17-18H,9,16H2. The number of sulfonamides is 1. The van der Waals surface area contributed by atoms with Crippen molar-refractivity contribution in [1.29, 1.82) is 0 Å². The number of nitrogens with one attached hydrogen (secondary N) is 1. The van der Waals surface area contributed by atoms with Gasteiger partial charge in [-0.25, -0.2) is 17.5 Å². The molecule has 21 heavy (non-hydrogen) atoms. The molecule has 0 heterocycles. The molecule has 0 radical (unpaired) electrons. The third kappa shape index (κ3) is 3.38. The lowest BCUT2D eigenvalue weighted by Crippen LogP contribution is -2.32. The summed E-state index contributed by atoms with van der Waals surface area (Å²) < 4.78 is 40.5. The van der Waals surface area contributed by atoms with Gasteiger partial charge in [0.2, 0.25) is 10.0 Å². The van der Waals surface area contributed by atoms with Crippen LogP contribution < -0.4 is 10.5 Å². The minimum absolute atomic E-state index is 0.188. The fourth-order valence-corrected chi connectivity index (χ4v) is 3.36. The van der Waals surface area contributed by atoms with E-state index in [1.54, 1.807) is 30.3 Å². The molecule has 0 fully saturated rings. The van der Waals surface area contributed by atoms with Gasteiger partial charge in [-0.3, -0.25) is 0 Å². The van der Waals surface area contributed by atoms with Crippen LogP contribution in [0.25, 0.3) is 0 Å². The predicted molar refractivity (Wildman–Crippen MR) is 77.4 cm³/mol. The van der Waals surface area contributed by atoms with E-state index < -0.39 is 33.4 Å². The molecule has 0 aliphatic rings. The Balaban J connectivity index is 2.37. The summed E-state index contributed by atoms with van der Waals surface area (Å²) in [5, 5.41) is 9.38. The Kier molecular flexibility index (Phi) is 4.56. The Morgan fingerprint density at radius 1 is 1.14 bits per heavy atom.